The number of aryl methyl sites for hydroxylation is 2. The van der Waals surface area contributed by atoms with Crippen molar-refractivity contribution in [2.75, 3.05) is 12.0 Å². The van der Waals surface area contributed by atoms with Crippen molar-refractivity contribution < 1.29 is 24.2 Å². The zero-order chi connectivity index (χ0) is 25.3. The monoisotopic (exact) mass is 471 g/mol. The van der Waals surface area contributed by atoms with E-state index in [1.54, 1.807) is 49.6 Å². The minimum absolute atomic E-state index is 0.00397. The van der Waals surface area contributed by atoms with Crippen molar-refractivity contribution in [3.63, 3.8) is 0 Å². The highest BCUT2D eigenvalue weighted by Gasteiger charge is 2.47. The minimum Gasteiger partial charge on any atom is -0.507 e. The summed E-state index contributed by atoms with van der Waals surface area (Å²) in [4.78, 5) is 28.1. The second-order valence-electron chi connectivity index (χ2n) is 8.93. The van der Waals surface area contributed by atoms with Gasteiger partial charge in [-0.1, -0.05) is 29.8 Å². The number of methoxy groups -OCH3 is 1. The van der Waals surface area contributed by atoms with E-state index in [9.17, 15) is 14.7 Å². The van der Waals surface area contributed by atoms with E-state index in [2.05, 4.69) is 0 Å². The predicted molar refractivity (Wildman–Crippen MR) is 136 cm³/mol. The van der Waals surface area contributed by atoms with Crippen molar-refractivity contribution in [1.82, 2.24) is 0 Å². The van der Waals surface area contributed by atoms with Crippen LogP contribution in [-0.2, 0) is 9.59 Å². The molecule has 6 nitrogen and oxygen atoms in total. The summed E-state index contributed by atoms with van der Waals surface area (Å²) in [7, 11) is 1.56. The van der Waals surface area contributed by atoms with Gasteiger partial charge in [0.05, 0.1) is 24.8 Å². The molecule has 0 aliphatic carbocycles. The molecule has 1 unspecified atom stereocenters. The van der Waals surface area contributed by atoms with Crippen molar-refractivity contribution in [1.29, 1.82) is 0 Å². The van der Waals surface area contributed by atoms with Crippen LogP contribution in [0.3, 0.4) is 0 Å². The van der Waals surface area contributed by atoms with Crippen LogP contribution in [-0.4, -0.2) is 30.0 Å². The van der Waals surface area contributed by atoms with E-state index < -0.39 is 17.7 Å². The molecule has 1 fully saturated rings. The standard InChI is InChI=1S/C29H29NO5/c1-17(2)35-24-14-9-21(16-19(24)4)27(31)25-26(20-8-6-7-18(3)15-20)30(29(33)28(25)32)22-10-12-23(34-5)13-11-22/h6-17,26,31H,1-5H3/b27-25-. The van der Waals surface area contributed by atoms with Gasteiger partial charge in [0.25, 0.3) is 11.7 Å². The lowest BCUT2D eigenvalue weighted by Gasteiger charge is -2.26. The Morgan fingerprint density at radius 3 is 2.29 bits per heavy atom. The predicted octanol–water partition coefficient (Wildman–Crippen LogP) is 5.73. The van der Waals surface area contributed by atoms with Gasteiger partial charge < -0.3 is 14.6 Å². The lowest BCUT2D eigenvalue weighted by Crippen LogP contribution is -2.29. The first-order valence-electron chi connectivity index (χ1n) is 11.5. The van der Waals surface area contributed by atoms with E-state index in [-0.39, 0.29) is 17.4 Å². The van der Waals surface area contributed by atoms with Gasteiger partial charge >= 0.3 is 0 Å². The van der Waals surface area contributed by atoms with Crippen LogP contribution >= 0.6 is 0 Å². The molecule has 1 aliphatic heterocycles. The molecule has 4 rings (SSSR count). The summed E-state index contributed by atoms with van der Waals surface area (Å²) in [6, 6.07) is 19.0. The molecule has 3 aromatic rings. The van der Waals surface area contributed by atoms with Crippen LogP contribution in [0.4, 0.5) is 5.69 Å². The van der Waals surface area contributed by atoms with Crippen molar-refractivity contribution in [3.05, 3.63) is 94.6 Å². The van der Waals surface area contributed by atoms with E-state index in [0.717, 1.165) is 16.7 Å². The molecule has 35 heavy (non-hydrogen) atoms. The fraction of sp³-hybridized carbons (Fsp3) is 0.241. The first kappa shape index (κ1) is 24.1. The Morgan fingerprint density at radius 2 is 1.69 bits per heavy atom. The van der Waals surface area contributed by atoms with Crippen LogP contribution < -0.4 is 14.4 Å². The number of hydrogen-bond acceptors (Lipinski definition) is 5. The van der Waals surface area contributed by atoms with Gasteiger partial charge in [-0.2, -0.15) is 0 Å². The molecule has 1 saturated heterocycles. The Balaban J connectivity index is 1.88. The number of benzene rings is 3. The van der Waals surface area contributed by atoms with Gasteiger partial charge in [0, 0.05) is 11.3 Å². The number of amides is 1. The number of anilines is 1. The first-order valence-corrected chi connectivity index (χ1v) is 11.5. The Labute approximate surface area is 205 Å². The molecule has 1 amide bonds. The van der Waals surface area contributed by atoms with Crippen LogP contribution in [0.15, 0.2) is 72.3 Å². The molecule has 1 N–H and O–H groups in total. The largest absolute Gasteiger partial charge is 0.507 e. The Kier molecular flexibility index (Phi) is 6.65. The molecule has 1 aliphatic rings. The minimum atomic E-state index is -0.782. The summed E-state index contributed by atoms with van der Waals surface area (Å²) >= 11 is 0. The molecule has 6 heteroatoms. The van der Waals surface area contributed by atoms with Crippen molar-refractivity contribution in [2.24, 2.45) is 0 Å². The normalized spacial score (nSPS) is 17.2. The third-order valence-electron chi connectivity index (χ3n) is 5.96. The van der Waals surface area contributed by atoms with Crippen LogP contribution in [0.25, 0.3) is 5.76 Å². The fourth-order valence-electron chi connectivity index (χ4n) is 4.34. The van der Waals surface area contributed by atoms with Gasteiger partial charge in [-0.05, 0) is 81.3 Å². The van der Waals surface area contributed by atoms with E-state index in [4.69, 9.17) is 9.47 Å². The summed E-state index contributed by atoms with van der Waals surface area (Å²) in [6.07, 6.45) is 0.00397. The third kappa shape index (κ3) is 4.64. The maximum absolute atomic E-state index is 13.3. The molecule has 1 atom stereocenters. The first-order chi connectivity index (χ1) is 16.7. The quantitative estimate of drug-likeness (QED) is 0.282. The average molecular weight is 472 g/mol. The highest BCUT2D eigenvalue weighted by atomic mass is 16.5. The fourth-order valence-corrected chi connectivity index (χ4v) is 4.34. The Morgan fingerprint density at radius 1 is 0.971 bits per heavy atom. The molecule has 0 bridgehead atoms. The van der Waals surface area contributed by atoms with E-state index in [0.29, 0.717) is 22.7 Å². The number of aliphatic hydroxyl groups is 1. The molecule has 3 aromatic carbocycles. The summed E-state index contributed by atoms with van der Waals surface area (Å²) in [6.45, 7) is 7.70. The number of rotatable bonds is 6. The van der Waals surface area contributed by atoms with Gasteiger partial charge in [-0.3, -0.25) is 14.5 Å². The van der Waals surface area contributed by atoms with Gasteiger partial charge in [-0.15, -0.1) is 0 Å². The number of ether oxygens (including phenoxy) is 2. The summed E-state index contributed by atoms with van der Waals surface area (Å²) < 4.78 is 11.0. The Hall–Kier alpha value is -4.06. The van der Waals surface area contributed by atoms with Crippen LogP contribution in [0.2, 0.25) is 0 Å². The van der Waals surface area contributed by atoms with Gasteiger partial charge in [-0.25, -0.2) is 0 Å². The van der Waals surface area contributed by atoms with Crippen molar-refractivity contribution >= 4 is 23.1 Å². The topological polar surface area (TPSA) is 76.1 Å². The molecule has 180 valence electrons. The number of aliphatic hydroxyl groups excluding tert-OH is 1. The highest BCUT2D eigenvalue weighted by molar-refractivity contribution is 6.51. The SMILES string of the molecule is COc1ccc(N2C(=O)C(=O)/C(=C(\O)c3ccc(OC(C)C)c(C)c3)C2c2cccc(C)c2)cc1. The molecule has 0 aromatic heterocycles. The summed E-state index contributed by atoms with van der Waals surface area (Å²) in [5.74, 6) is -0.308. The summed E-state index contributed by atoms with van der Waals surface area (Å²) in [5.41, 5.74) is 3.57. The second kappa shape index (κ2) is 9.66. The van der Waals surface area contributed by atoms with Gasteiger partial charge in [0.2, 0.25) is 0 Å². The van der Waals surface area contributed by atoms with Crippen molar-refractivity contribution in [2.45, 2.75) is 39.8 Å². The van der Waals surface area contributed by atoms with Gasteiger partial charge in [0.15, 0.2) is 0 Å². The van der Waals surface area contributed by atoms with E-state index >= 15 is 0 Å². The number of Topliss-reactive ketones (excluding diaryl/α,β-unsaturated/α-hetero) is 1. The van der Waals surface area contributed by atoms with E-state index in [1.165, 1.54) is 4.90 Å². The maximum Gasteiger partial charge on any atom is 0.300 e. The molecular weight excluding hydrogens is 442 g/mol. The van der Waals surface area contributed by atoms with Crippen LogP contribution in [0.5, 0.6) is 11.5 Å². The second-order valence-corrected chi connectivity index (χ2v) is 8.93. The molecule has 1 heterocycles. The lowest BCUT2D eigenvalue weighted by atomic mass is 9.94. The lowest BCUT2D eigenvalue weighted by molar-refractivity contribution is -0.132. The highest BCUT2D eigenvalue weighted by Crippen LogP contribution is 2.43. The molecule has 0 saturated carbocycles. The van der Waals surface area contributed by atoms with Crippen molar-refractivity contribution in [3.8, 4) is 11.5 Å². The zero-order valence-corrected chi connectivity index (χ0v) is 20.5. The van der Waals surface area contributed by atoms with Gasteiger partial charge in [0.1, 0.15) is 17.3 Å². The number of carbonyl (C=O) groups excluding carboxylic acids is 2. The van der Waals surface area contributed by atoms with Crippen LogP contribution in [0.1, 0.15) is 42.1 Å². The maximum atomic E-state index is 13.3. The van der Waals surface area contributed by atoms with Crippen LogP contribution in [0, 0.1) is 13.8 Å². The molecule has 0 spiro atoms. The summed E-state index contributed by atoms with van der Waals surface area (Å²) in [5, 5.41) is 11.4. The van der Waals surface area contributed by atoms with E-state index in [1.807, 2.05) is 52.0 Å². The molecule has 0 radical (unpaired) electrons. The number of nitrogens with zero attached hydrogens (tertiary/aromatic N) is 1. The third-order valence-corrected chi connectivity index (χ3v) is 5.96. The molecular formula is C29H29NO5. The number of carbonyl (C=O) groups is 2. The number of hydrogen-bond donors (Lipinski definition) is 1. The Bertz CT molecular complexity index is 1310. The zero-order valence-electron chi connectivity index (χ0n) is 20.5. The average Bonchev–Trinajstić information content (AvgIpc) is 3.10. The number of ketones is 1. The smallest absolute Gasteiger partial charge is 0.300 e.